The van der Waals surface area contributed by atoms with Crippen LogP contribution in [0.4, 0.5) is 13.2 Å². The Balaban J connectivity index is 2.69. The maximum atomic E-state index is 11.9. The minimum Gasteiger partial charge on any atom is -0.263 e. The van der Waals surface area contributed by atoms with Crippen LogP contribution >= 0.6 is 11.6 Å². The molecule has 0 radical (unpaired) electrons. The third kappa shape index (κ3) is 3.21. The van der Waals surface area contributed by atoms with Gasteiger partial charge in [-0.15, -0.1) is 11.6 Å². The molecule has 1 aromatic heterocycles. The molecule has 0 aromatic carbocycles. The summed E-state index contributed by atoms with van der Waals surface area (Å²) in [6, 6.07) is 0. The van der Waals surface area contributed by atoms with Crippen LogP contribution in [0.1, 0.15) is 24.3 Å². The highest BCUT2D eigenvalue weighted by Crippen LogP contribution is 2.24. The zero-order valence-electron chi connectivity index (χ0n) is 7.55. The van der Waals surface area contributed by atoms with Crippen LogP contribution in [0.3, 0.4) is 0 Å². The van der Waals surface area contributed by atoms with Crippen LogP contribution in [0, 0.1) is 0 Å². The number of hydrogen-bond donors (Lipinski definition) is 0. The number of aromatic nitrogens is 2. The van der Waals surface area contributed by atoms with Gasteiger partial charge in [-0.05, 0) is 6.42 Å². The second-order valence-corrected chi connectivity index (χ2v) is 3.49. The topological polar surface area (TPSA) is 17.8 Å². The van der Waals surface area contributed by atoms with Gasteiger partial charge < -0.3 is 0 Å². The summed E-state index contributed by atoms with van der Waals surface area (Å²) in [7, 11) is 0. The average molecular weight is 227 g/mol. The Labute approximate surface area is 84.7 Å². The third-order valence-electron chi connectivity index (χ3n) is 1.71. The molecular formula is C8H10ClF3N2. The standard InChI is InChI=1S/C8H10ClF3N2/c1-2-7(9)6-3-13-14(4-6)5-8(10,11)12/h3-4,7H,2,5H2,1H3. The van der Waals surface area contributed by atoms with E-state index in [0.29, 0.717) is 12.0 Å². The number of hydrogen-bond acceptors (Lipinski definition) is 1. The second-order valence-electron chi connectivity index (χ2n) is 2.96. The lowest BCUT2D eigenvalue weighted by atomic mass is 10.2. The number of halogens is 4. The van der Waals surface area contributed by atoms with E-state index in [1.165, 1.54) is 12.4 Å². The van der Waals surface area contributed by atoms with E-state index in [0.717, 1.165) is 4.68 Å². The first kappa shape index (κ1) is 11.4. The van der Waals surface area contributed by atoms with E-state index in [4.69, 9.17) is 11.6 Å². The smallest absolute Gasteiger partial charge is 0.263 e. The summed E-state index contributed by atoms with van der Waals surface area (Å²) in [5.41, 5.74) is 0.624. The van der Waals surface area contributed by atoms with Crippen molar-refractivity contribution in [1.29, 1.82) is 0 Å². The highest BCUT2D eigenvalue weighted by Gasteiger charge is 2.28. The van der Waals surface area contributed by atoms with Gasteiger partial charge in [-0.2, -0.15) is 18.3 Å². The van der Waals surface area contributed by atoms with Crippen molar-refractivity contribution in [3.8, 4) is 0 Å². The van der Waals surface area contributed by atoms with Crippen molar-refractivity contribution in [3.05, 3.63) is 18.0 Å². The van der Waals surface area contributed by atoms with Crippen molar-refractivity contribution in [2.24, 2.45) is 0 Å². The molecule has 14 heavy (non-hydrogen) atoms. The van der Waals surface area contributed by atoms with Crippen molar-refractivity contribution in [2.75, 3.05) is 0 Å². The molecule has 0 saturated carbocycles. The van der Waals surface area contributed by atoms with E-state index < -0.39 is 12.7 Å². The molecule has 0 bridgehead atoms. The molecule has 1 heterocycles. The summed E-state index contributed by atoms with van der Waals surface area (Å²) in [5, 5.41) is 3.32. The highest BCUT2D eigenvalue weighted by atomic mass is 35.5. The number of rotatable bonds is 3. The summed E-state index contributed by atoms with van der Waals surface area (Å²) >= 11 is 5.84. The lowest BCUT2D eigenvalue weighted by Gasteiger charge is -2.05. The molecule has 0 N–H and O–H groups in total. The summed E-state index contributed by atoms with van der Waals surface area (Å²) in [6.07, 6.45) is -0.877. The lowest BCUT2D eigenvalue weighted by molar-refractivity contribution is -0.142. The van der Waals surface area contributed by atoms with E-state index in [2.05, 4.69) is 5.10 Å². The Bertz CT molecular complexity index is 295. The van der Waals surface area contributed by atoms with Crippen LogP contribution < -0.4 is 0 Å². The van der Waals surface area contributed by atoms with Crippen LogP contribution in [0.5, 0.6) is 0 Å². The molecule has 0 saturated heterocycles. The molecule has 1 unspecified atom stereocenters. The Morgan fingerprint density at radius 2 is 2.21 bits per heavy atom. The van der Waals surface area contributed by atoms with Crippen LogP contribution in [0.15, 0.2) is 12.4 Å². The Morgan fingerprint density at radius 1 is 1.57 bits per heavy atom. The van der Waals surface area contributed by atoms with Gasteiger partial charge in [0.15, 0.2) is 0 Å². The Hall–Kier alpha value is -0.710. The first-order valence-electron chi connectivity index (χ1n) is 4.15. The van der Waals surface area contributed by atoms with Crippen LogP contribution in [0.2, 0.25) is 0 Å². The molecule has 0 aliphatic carbocycles. The Kier molecular flexibility index (Phi) is 3.42. The van der Waals surface area contributed by atoms with Gasteiger partial charge in [0.05, 0.1) is 11.6 Å². The molecule has 1 rings (SSSR count). The SMILES string of the molecule is CCC(Cl)c1cnn(CC(F)(F)F)c1. The monoisotopic (exact) mass is 226 g/mol. The fourth-order valence-corrected chi connectivity index (χ4v) is 1.16. The van der Waals surface area contributed by atoms with Gasteiger partial charge in [-0.3, -0.25) is 4.68 Å². The van der Waals surface area contributed by atoms with Gasteiger partial charge in [0.2, 0.25) is 0 Å². The minimum atomic E-state index is -4.24. The summed E-state index contributed by atoms with van der Waals surface area (Å²) < 4.78 is 36.7. The largest absolute Gasteiger partial charge is 0.408 e. The quantitative estimate of drug-likeness (QED) is 0.724. The zero-order chi connectivity index (χ0) is 10.8. The predicted molar refractivity (Wildman–Crippen MR) is 47.2 cm³/mol. The van der Waals surface area contributed by atoms with E-state index in [1.807, 2.05) is 6.92 Å². The van der Waals surface area contributed by atoms with Crippen molar-refractivity contribution in [1.82, 2.24) is 9.78 Å². The van der Waals surface area contributed by atoms with Crippen LogP contribution in [-0.2, 0) is 6.54 Å². The van der Waals surface area contributed by atoms with Gasteiger partial charge in [-0.1, -0.05) is 6.92 Å². The molecule has 0 amide bonds. The molecule has 0 fully saturated rings. The average Bonchev–Trinajstić information content (AvgIpc) is 2.48. The summed E-state index contributed by atoms with van der Waals surface area (Å²) in [5.74, 6) is 0. The van der Waals surface area contributed by atoms with Gasteiger partial charge in [-0.25, -0.2) is 0 Å². The van der Waals surface area contributed by atoms with Gasteiger partial charge in [0.1, 0.15) is 6.54 Å². The first-order chi connectivity index (χ1) is 6.42. The van der Waals surface area contributed by atoms with E-state index in [9.17, 15) is 13.2 Å². The molecule has 1 aromatic rings. The van der Waals surface area contributed by atoms with Crippen molar-refractivity contribution in [3.63, 3.8) is 0 Å². The molecule has 80 valence electrons. The number of alkyl halides is 4. The van der Waals surface area contributed by atoms with Crippen molar-refractivity contribution >= 4 is 11.6 Å². The fraction of sp³-hybridized carbons (Fsp3) is 0.625. The summed E-state index contributed by atoms with van der Waals surface area (Å²) in [4.78, 5) is 0. The summed E-state index contributed by atoms with van der Waals surface area (Å²) in [6.45, 7) is 0.791. The molecule has 0 aliphatic rings. The normalized spacial score (nSPS) is 14.4. The molecule has 1 atom stereocenters. The maximum absolute atomic E-state index is 11.9. The zero-order valence-corrected chi connectivity index (χ0v) is 8.31. The molecular weight excluding hydrogens is 217 g/mol. The Morgan fingerprint density at radius 3 is 2.71 bits per heavy atom. The first-order valence-corrected chi connectivity index (χ1v) is 4.59. The molecule has 0 aliphatic heterocycles. The number of nitrogens with zero attached hydrogens (tertiary/aromatic N) is 2. The van der Waals surface area contributed by atoms with E-state index >= 15 is 0 Å². The predicted octanol–water partition coefficient (Wildman–Crippen LogP) is 3.14. The van der Waals surface area contributed by atoms with Crippen molar-refractivity contribution in [2.45, 2.75) is 31.4 Å². The van der Waals surface area contributed by atoms with Gasteiger partial charge in [0.25, 0.3) is 0 Å². The van der Waals surface area contributed by atoms with E-state index in [1.54, 1.807) is 0 Å². The second kappa shape index (κ2) is 4.21. The third-order valence-corrected chi connectivity index (χ3v) is 2.28. The molecule has 6 heteroatoms. The van der Waals surface area contributed by atoms with E-state index in [-0.39, 0.29) is 5.38 Å². The molecule has 2 nitrogen and oxygen atoms in total. The van der Waals surface area contributed by atoms with Gasteiger partial charge in [0, 0.05) is 11.8 Å². The fourth-order valence-electron chi connectivity index (χ4n) is 1.05. The highest BCUT2D eigenvalue weighted by molar-refractivity contribution is 6.20. The van der Waals surface area contributed by atoms with Crippen LogP contribution in [0.25, 0.3) is 0 Å². The lowest BCUT2D eigenvalue weighted by Crippen LogP contribution is -2.17. The van der Waals surface area contributed by atoms with Gasteiger partial charge >= 0.3 is 6.18 Å². The molecule has 0 spiro atoms. The van der Waals surface area contributed by atoms with Crippen molar-refractivity contribution < 1.29 is 13.2 Å². The van der Waals surface area contributed by atoms with Crippen LogP contribution in [-0.4, -0.2) is 16.0 Å². The maximum Gasteiger partial charge on any atom is 0.408 e. The minimum absolute atomic E-state index is 0.267.